The molecular formula is C11H12N2O2S. The lowest BCUT2D eigenvalue weighted by Crippen LogP contribution is -2.06. The quantitative estimate of drug-likeness (QED) is 0.867. The number of rotatable bonds is 2. The third kappa shape index (κ3) is 2.25. The Morgan fingerprint density at radius 1 is 1.44 bits per heavy atom. The molecule has 1 aromatic carbocycles. The maximum Gasteiger partial charge on any atom is 0.337 e. The van der Waals surface area contributed by atoms with E-state index in [0.29, 0.717) is 5.69 Å². The summed E-state index contributed by atoms with van der Waals surface area (Å²) in [6.07, 6.45) is 3.34. The molecule has 0 fully saturated rings. The van der Waals surface area contributed by atoms with Gasteiger partial charge >= 0.3 is 5.97 Å². The number of hydrogen-bond acceptors (Lipinski definition) is 2. The Morgan fingerprint density at radius 2 is 2.19 bits per heavy atom. The molecule has 0 spiro atoms. The lowest BCUT2D eigenvalue weighted by Gasteiger charge is -2.06. The average molecular weight is 236 g/mol. The molecule has 5 heteroatoms. The van der Waals surface area contributed by atoms with Crippen molar-refractivity contribution in [2.24, 2.45) is 0 Å². The van der Waals surface area contributed by atoms with Crippen LogP contribution in [0.5, 0.6) is 0 Å². The molecule has 2 aromatic rings. The van der Waals surface area contributed by atoms with Crippen LogP contribution in [0.3, 0.4) is 0 Å². The van der Waals surface area contributed by atoms with E-state index in [1.807, 2.05) is 13.0 Å². The van der Waals surface area contributed by atoms with Crippen LogP contribution in [0.2, 0.25) is 0 Å². The average Bonchev–Trinajstić information content (AvgIpc) is 2.70. The molecule has 0 radical (unpaired) electrons. The SMILES string of the molecule is Cc1ccc(-n2cccn2)c(C(=O)O)c1.S. The maximum atomic E-state index is 11.0. The van der Waals surface area contributed by atoms with Crippen LogP contribution in [0.25, 0.3) is 5.69 Å². The van der Waals surface area contributed by atoms with E-state index >= 15 is 0 Å². The van der Waals surface area contributed by atoms with Crippen molar-refractivity contribution in [3.63, 3.8) is 0 Å². The zero-order valence-electron chi connectivity index (χ0n) is 8.71. The van der Waals surface area contributed by atoms with Gasteiger partial charge in [-0.1, -0.05) is 11.6 Å². The first-order chi connectivity index (χ1) is 7.18. The van der Waals surface area contributed by atoms with Crippen molar-refractivity contribution < 1.29 is 9.90 Å². The predicted molar refractivity (Wildman–Crippen MR) is 65.6 cm³/mol. The Bertz CT molecular complexity index is 495. The van der Waals surface area contributed by atoms with E-state index in [1.54, 1.807) is 35.3 Å². The lowest BCUT2D eigenvalue weighted by atomic mass is 10.1. The largest absolute Gasteiger partial charge is 0.478 e. The van der Waals surface area contributed by atoms with Crippen LogP contribution < -0.4 is 0 Å². The van der Waals surface area contributed by atoms with Crippen molar-refractivity contribution in [1.29, 1.82) is 0 Å². The van der Waals surface area contributed by atoms with Crippen molar-refractivity contribution in [1.82, 2.24) is 9.78 Å². The third-order valence-electron chi connectivity index (χ3n) is 2.13. The molecule has 1 aromatic heterocycles. The molecule has 0 unspecified atom stereocenters. The maximum absolute atomic E-state index is 11.0. The molecule has 16 heavy (non-hydrogen) atoms. The molecule has 0 aliphatic rings. The van der Waals surface area contributed by atoms with Crippen LogP contribution in [-0.4, -0.2) is 20.9 Å². The van der Waals surface area contributed by atoms with Crippen LogP contribution in [0.15, 0.2) is 36.7 Å². The number of aryl methyl sites for hydroxylation is 1. The number of hydrogen-bond donors (Lipinski definition) is 1. The smallest absolute Gasteiger partial charge is 0.337 e. The van der Waals surface area contributed by atoms with Gasteiger partial charge in [0.05, 0.1) is 11.3 Å². The van der Waals surface area contributed by atoms with Gasteiger partial charge in [0, 0.05) is 12.4 Å². The second kappa shape index (κ2) is 4.85. The Labute approximate surface area is 100.0 Å². The molecular weight excluding hydrogens is 224 g/mol. The number of aromatic nitrogens is 2. The summed E-state index contributed by atoms with van der Waals surface area (Å²) in [5.41, 5.74) is 1.76. The summed E-state index contributed by atoms with van der Waals surface area (Å²) < 4.78 is 1.54. The minimum Gasteiger partial charge on any atom is -0.478 e. The molecule has 0 saturated heterocycles. The minimum absolute atomic E-state index is 0. The highest BCUT2D eigenvalue weighted by molar-refractivity contribution is 7.59. The Hall–Kier alpha value is -1.75. The summed E-state index contributed by atoms with van der Waals surface area (Å²) in [6.45, 7) is 1.86. The first kappa shape index (κ1) is 12.3. The number of benzene rings is 1. The van der Waals surface area contributed by atoms with E-state index in [9.17, 15) is 4.79 Å². The zero-order chi connectivity index (χ0) is 10.8. The van der Waals surface area contributed by atoms with Crippen molar-refractivity contribution >= 4 is 19.5 Å². The second-order valence-corrected chi connectivity index (χ2v) is 3.28. The fraction of sp³-hybridized carbons (Fsp3) is 0.0909. The van der Waals surface area contributed by atoms with E-state index in [2.05, 4.69) is 5.10 Å². The van der Waals surface area contributed by atoms with Gasteiger partial charge in [-0.2, -0.15) is 18.6 Å². The van der Waals surface area contributed by atoms with Gasteiger partial charge in [-0.15, -0.1) is 0 Å². The monoisotopic (exact) mass is 236 g/mol. The summed E-state index contributed by atoms with van der Waals surface area (Å²) in [4.78, 5) is 11.0. The summed E-state index contributed by atoms with van der Waals surface area (Å²) in [5.74, 6) is -0.941. The molecule has 0 bridgehead atoms. The molecule has 0 amide bonds. The molecule has 0 atom stereocenters. The topological polar surface area (TPSA) is 55.1 Å². The summed E-state index contributed by atoms with van der Waals surface area (Å²) in [6, 6.07) is 7.01. The van der Waals surface area contributed by atoms with E-state index in [1.165, 1.54) is 0 Å². The van der Waals surface area contributed by atoms with Crippen molar-refractivity contribution in [2.75, 3.05) is 0 Å². The van der Waals surface area contributed by atoms with Gasteiger partial charge in [0.15, 0.2) is 0 Å². The molecule has 2 rings (SSSR count). The third-order valence-corrected chi connectivity index (χ3v) is 2.13. The summed E-state index contributed by atoms with van der Waals surface area (Å²) in [7, 11) is 0. The highest BCUT2D eigenvalue weighted by atomic mass is 32.1. The number of aromatic carboxylic acids is 1. The molecule has 4 nitrogen and oxygen atoms in total. The molecule has 1 N–H and O–H groups in total. The van der Waals surface area contributed by atoms with Crippen LogP contribution in [0, 0.1) is 6.92 Å². The molecule has 1 heterocycles. The minimum atomic E-state index is -0.941. The Kier molecular flexibility index (Phi) is 3.73. The molecule has 84 valence electrons. The van der Waals surface area contributed by atoms with Crippen LogP contribution in [0.1, 0.15) is 15.9 Å². The van der Waals surface area contributed by atoms with Gasteiger partial charge in [-0.25, -0.2) is 9.48 Å². The number of nitrogens with zero attached hydrogens (tertiary/aromatic N) is 2. The lowest BCUT2D eigenvalue weighted by molar-refractivity contribution is 0.0696. The highest BCUT2D eigenvalue weighted by Crippen LogP contribution is 2.15. The van der Waals surface area contributed by atoms with Crippen LogP contribution in [0.4, 0.5) is 0 Å². The van der Waals surface area contributed by atoms with Gasteiger partial charge in [0.1, 0.15) is 0 Å². The van der Waals surface area contributed by atoms with Gasteiger partial charge in [-0.3, -0.25) is 0 Å². The van der Waals surface area contributed by atoms with E-state index in [4.69, 9.17) is 5.11 Å². The normalized spacial score (nSPS) is 9.56. The number of carboxylic acids is 1. The van der Waals surface area contributed by atoms with Gasteiger partial charge in [0.25, 0.3) is 0 Å². The fourth-order valence-electron chi connectivity index (χ4n) is 1.43. The Morgan fingerprint density at radius 3 is 2.75 bits per heavy atom. The standard InChI is InChI=1S/C11H10N2O2.H2S/c1-8-3-4-10(9(7-8)11(14)15)13-6-2-5-12-13;/h2-7H,1H3,(H,14,15);1H2. The Balaban J connectivity index is 0.00000128. The van der Waals surface area contributed by atoms with Gasteiger partial charge < -0.3 is 5.11 Å². The molecule has 0 aliphatic heterocycles. The summed E-state index contributed by atoms with van der Waals surface area (Å²) >= 11 is 0. The molecule has 0 aliphatic carbocycles. The van der Waals surface area contributed by atoms with Crippen LogP contribution >= 0.6 is 13.5 Å². The van der Waals surface area contributed by atoms with E-state index in [0.717, 1.165) is 5.56 Å². The van der Waals surface area contributed by atoms with Gasteiger partial charge in [0.2, 0.25) is 0 Å². The second-order valence-electron chi connectivity index (χ2n) is 3.28. The highest BCUT2D eigenvalue weighted by Gasteiger charge is 2.11. The number of carboxylic acid groups (broad SMARTS) is 1. The first-order valence-corrected chi connectivity index (χ1v) is 4.52. The van der Waals surface area contributed by atoms with Crippen molar-refractivity contribution in [3.05, 3.63) is 47.8 Å². The predicted octanol–water partition coefficient (Wildman–Crippen LogP) is 1.99. The van der Waals surface area contributed by atoms with Crippen molar-refractivity contribution in [3.8, 4) is 5.69 Å². The fourth-order valence-corrected chi connectivity index (χ4v) is 1.43. The van der Waals surface area contributed by atoms with E-state index < -0.39 is 5.97 Å². The van der Waals surface area contributed by atoms with Crippen LogP contribution in [-0.2, 0) is 0 Å². The molecule has 0 saturated carbocycles. The van der Waals surface area contributed by atoms with E-state index in [-0.39, 0.29) is 19.1 Å². The van der Waals surface area contributed by atoms with Crippen molar-refractivity contribution in [2.45, 2.75) is 6.92 Å². The zero-order valence-corrected chi connectivity index (χ0v) is 9.71. The summed E-state index contributed by atoms with van der Waals surface area (Å²) in [5, 5.41) is 13.1. The number of carbonyl (C=O) groups is 1. The van der Waals surface area contributed by atoms with Gasteiger partial charge in [-0.05, 0) is 25.1 Å². The first-order valence-electron chi connectivity index (χ1n) is 4.52.